The molecule has 4 heteroatoms. The smallest absolute Gasteiger partial charge is 0.251 e. The highest BCUT2D eigenvalue weighted by Crippen LogP contribution is 2.25. The predicted molar refractivity (Wildman–Crippen MR) is 114 cm³/mol. The molecule has 4 nitrogen and oxygen atoms in total. The lowest BCUT2D eigenvalue weighted by molar-refractivity contribution is 0.0938. The van der Waals surface area contributed by atoms with E-state index in [0.29, 0.717) is 12.1 Å². The molecule has 0 aromatic heterocycles. The summed E-state index contributed by atoms with van der Waals surface area (Å²) >= 11 is 0. The van der Waals surface area contributed by atoms with Crippen LogP contribution < -0.4 is 10.1 Å². The van der Waals surface area contributed by atoms with E-state index >= 15 is 0 Å². The second-order valence-corrected chi connectivity index (χ2v) is 7.61. The average Bonchev–Trinajstić information content (AvgIpc) is 3.24. The number of nitrogens with zero attached hydrogens (tertiary/aromatic N) is 1. The van der Waals surface area contributed by atoms with Crippen LogP contribution in [0.5, 0.6) is 5.75 Å². The van der Waals surface area contributed by atoms with Crippen molar-refractivity contribution < 1.29 is 9.53 Å². The van der Waals surface area contributed by atoms with Crippen LogP contribution in [0.15, 0.2) is 48.5 Å². The van der Waals surface area contributed by atoms with Gasteiger partial charge in [-0.1, -0.05) is 43.2 Å². The van der Waals surface area contributed by atoms with Crippen LogP contribution in [0, 0.1) is 6.92 Å². The van der Waals surface area contributed by atoms with Gasteiger partial charge in [-0.05, 0) is 69.1 Å². The Kier molecular flexibility index (Phi) is 7.49. The number of hydrogen-bond acceptors (Lipinski definition) is 3. The van der Waals surface area contributed by atoms with Gasteiger partial charge in [-0.3, -0.25) is 9.69 Å². The molecule has 150 valence electrons. The zero-order chi connectivity index (χ0) is 19.8. The van der Waals surface area contributed by atoms with Crippen LogP contribution >= 0.6 is 0 Å². The third-order valence-electron chi connectivity index (χ3n) is 5.38. The maximum absolute atomic E-state index is 12.7. The number of carbonyl (C=O) groups is 1. The van der Waals surface area contributed by atoms with Gasteiger partial charge in [0.15, 0.2) is 0 Å². The molecule has 1 saturated heterocycles. The summed E-state index contributed by atoms with van der Waals surface area (Å²) < 4.78 is 5.68. The van der Waals surface area contributed by atoms with E-state index in [4.69, 9.17) is 4.74 Å². The summed E-state index contributed by atoms with van der Waals surface area (Å²) in [4.78, 5) is 15.1. The highest BCUT2D eigenvalue weighted by atomic mass is 16.5. The molecule has 0 spiro atoms. The summed E-state index contributed by atoms with van der Waals surface area (Å²) in [6.45, 7) is 7.78. The van der Waals surface area contributed by atoms with E-state index in [1.807, 2.05) is 24.3 Å². The maximum Gasteiger partial charge on any atom is 0.251 e. The Morgan fingerprint density at radius 3 is 2.39 bits per heavy atom. The molecule has 0 aliphatic carbocycles. The summed E-state index contributed by atoms with van der Waals surface area (Å²) in [6.07, 6.45) is 4.62. The quantitative estimate of drug-likeness (QED) is 0.639. The second kappa shape index (κ2) is 10.3. The lowest BCUT2D eigenvalue weighted by atomic mass is 10.0. The molecule has 28 heavy (non-hydrogen) atoms. The number of ether oxygens (including phenoxy) is 1. The Labute approximate surface area is 168 Å². The van der Waals surface area contributed by atoms with Gasteiger partial charge < -0.3 is 10.1 Å². The van der Waals surface area contributed by atoms with Gasteiger partial charge in [0.2, 0.25) is 0 Å². The number of likely N-dealkylation sites (tertiary alicyclic amines) is 1. The Morgan fingerprint density at radius 2 is 1.75 bits per heavy atom. The minimum Gasteiger partial charge on any atom is -0.494 e. The minimum absolute atomic E-state index is 0.0311. The van der Waals surface area contributed by atoms with E-state index in [9.17, 15) is 4.79 Å². The number of amides is 1. The lowest BCUT2D eigenvalue weighted by Gasteiger charge is -2.28. The van der Waals surface area contributed by atoms with Gasteiger partial charge in [-0.15, -0.1) is 0 Å². The van der Waals surface area contributed by atoms with Gasteiger partial charge in [0.1, 0.15) is 5.75 Å². The number of nitrogens with one attached hydrogen (secondary N) is 1. The largest absolute Gasteiger partial charge is 0.494 e. The third-order valence-corrected chi connectivity index (χ3v) is 5.38. The van der Waals surface area contributed by atoms with Gasteiger partial charge in [0.25, 0.3) is 5.91 Å². The van der Waals surface area contributed by atoms with Crippen LogP contribution in [0.3, 0.4) is 0 Å². The fourth-order valence-corrected chi connectivity index (χ4v) is 3.63. The van der Waals surface area contributed by atoms with Gasteiger partial charge in [0, 0.05) is 12.1 Å². The van der Waals surface area contributed by atoms with Crippen LogP contribution in [-0.4, -0.2) is 37.0 Å². The molecule has 1 amide bonds. The molecule has 1 fully saturated rings. The molecule has 2 aromatic rings. The summed E-state index contributed by atoms with van der Waals surface area (Å²) in [6, 6.07) is 16.3. The lowest BCUT2D eigenvalue weighted by Crippen LogP contribution is -2.36. The fourth-order valence-electron chi connectivity index (χ4n) is 3.63. The standard InChI is InChI=1S/C24H32N2O2/c1-3-4-17-28-22-13-11-21(12-14-22)24(27)25-18-23(26-15-5-6-16-26)20-9-7-19(2)8-10-20/h7-14,23H,3-6,15-18H2,1-2H3,(H,25,27)/t23-/m0/s1. The summed E-state index contributed by atoms with van der Waals surface area (Å²) in [5, 5.41) is 3.14. The molecule has 1 atom stereocenters. The average molecular weight is 381 g/mol. The molecule has 2 aromatic carbocycles. The Balaban J connectivity index is 1.60. The first kappa shape index (κ1) is 20.4. The first-order chi connectivity index (χ1) is 13.7. The van der Waals surface area contributed by atoms with Gasteiger partial charge in [-0.2, -0.15) is 0 Å². The van der Waals surface area contributed by atoms with E-state index in [2.05, 4.69) is 48.3 Å². The first-order valence-electron chi connectivity index (χ1n) is 10.5. The van der Waals surface area contributed by atoms with Crippen molar-refractivity contribution in [1.29, 1.82) is 0 Å². The van der Waals surface area contributed by atoms with Crippen molar-refractivity contribution in [2.24, 2.45) is 0 Å². The minimum atomic E-state index is -0.0311. The highest BCUT2D eigenvalue weighted by molar-refractivity contribution is 5.94. The maximum atomic E-state index is 12.7. The topological polar surface area (TPSA) is 41.6 Å². The predicted octanol–water partition coefficient (Wildman–Crippen LogP) is 4.74. The van der Waals surface area contributed by atoms with E-state index in [-0.39, 0.29) is 11.9 Å². The molecule has 3 rings (SSSR count). The molecule has 1 heterocycles. The monoisotopic (exact) mass is 380 g/mol. The van der Waals surface area contributed by atoms with Crippen molar-refractivity contribution >= 4 is 5.91 Å². The van der Waals surface area contributed by atoms with E-state index in [0.717, 1.165) is 38.3 Å². The summed E-state index contributed by atoms with van der Waals surface area (Å²) in [5.74, 6) is 0.788. The molecular formula is C24H32N2O2. The Morgan fingerprint density at radius 1 is 1.07 bits per heavy atom. The normalized spacial score (nSPS) is 15.4. The summed E-state index contributed by atoms with van der Waals surface area (Å²) in [5.41, 5.74) is 3.20. The number of carbonyl (C=O) groups excluding carboxylic acids is 1. The van der Waals surface area contributed by atoms with Crippen molar-refractivity contribution in [2.45, 2.75) is 45.6 Å². The van der Waals surface area contributed by atoms with Crippen molar-refractivity contribution in [2.75, 3.05) is 26.2 Å². The molecule has 0 saturated carbocycles. The van der Waals surface area contributed by atoms with Gasteiger partial charge in [0.05, 0.1) is 12.6 Å². The SMILES string of the molecule is CCCCOc1ccc(C(=O)NC[C@@H](c2ccc(C)cc2)N2CCCC2)cc1. The Hall–Kier alpha value is -2.33. The Bertz CT molecular complexity index is 734. The second-order valence-electron chi connectivity index (χ2n) is 7.61. The number of rotatable bonds is 9. The molecular weight excluding hydrogens is 348 g/mol. The van der Waals surface area contributed by atoms with Crippen molar-refractivity contribution in [1.82, 2.24) is 10.2 Å². The highest BCUT2D eigenvalue weighted by Gasteiger charge is 2.24. The van der Waals surface area contributed by atoms with E-state index in [1.165, 1.54) is 24.0 Å². The molecule has 0 unspecified atom stereocenters. The first-order valence-corrected chi connectivity index (χ1v) is 10.5. The fraction of sp³-hybridized carbons (Fsp3) is 0.458. The van der Waals surface area contributed by atoms with Crippen LogP contribution in [0.4, 0.5) is 0 Å². The van der Waals surface area contributed by atoms with Crippen LogP contribution in [0.1, 0.15) is 60.1 Å². The third kappa shape index (κ3) is 5.59. The number of hydrogen-bond donors (Lipinski definition) is 1. The number of aryl methyl sites for hydroxylation is 1. The zero-order valence-corrected chi connectivity index (χ0v) is 17.1. The van der Waals surface area contributed by atoms with Crippen LogP contribution in [0.25, 0.3) is 0 Å². The summed E-state index contributed by atoms with van der Waals surface area (Å²) in [7, 11) is 0. The molecule has 0 bridgehead atoms. The molecule has 0 radical (unpaired) electrons. The zero-order valence-electron chi connectivity index (χ0n) is 17.1. The van der Waals surface area contributed by atoms with Gasteiger partial charge >= 0.3 is 0 Å². The van der Waals surface area contributed by atoms with Crippen molar-refractivity contribution in [3.8, 4) is 5.75 Å². The molecule has 1 aliphatic rings. The van der Waals surface area contributed by atoms with Crippen molar-refractivity contribution in [3.05, 3.63) is 65.2 Å². The van der Waals surface area contributed by atoms with E-state index in [1.54, 1.807) is 0 Å². The number of unbranched alkanes of at least 4 members (excludes halogenated alkanes) is 1. The van der Waals surface area contributed by atoms with E-state index < -0.39 is 0 Å². The molecule has 1 aliphatic heterocycles. The van der Waals surface area contributed by atoms with Gasteiger partial charge in [-0.25, -0.2) is 0 Å². The van der Waals surface area contributed by atoms with Crippen LogP contribution in [-0.2, 0) is 0 Å². The van der Waals surface area contributed by atoms with Crippen LogP contribution in [0.2, 0.25) is 0 Å². The molecule has 1 N–H and O–H groups in total. The van der Waals surface area contributed by atoms with Crippen molar-refractivity contribution in [3.63, 3.8) is 0 Å². The number of benzene rings is 2.